The molecule has 2 N–H and O–H groups in total. The van der Waals surface area contributed by atoms with E-state index in [-0.39, 0.29) is 18.6 Å². The number of nitrogens with one attached hydrogen (secondary N) is 2. The molecule has 7 nitrogen and oxygen atoms in total. The average molecular weight is 409 g/mol. The summed E-state index contributed by atoms with van der Waals surface area (Å²) >= 11 is 0. The zero-order valence-electron chi connectivity index (χ0n) is 17.3. The van der Waals surface area contributed by atoms with Crippen LogP contribution in [0.5, 0.6) is 11.5 Å². The molecular formula is C23H28N4O3. The van der Waals surface area contributed by atoms with Crippen molar-refractivity contribution in [1.29, 1.82) is 0 Å². The number of benzene rings is 2. The van der Waals surface area contributed by atoms with Gasteiger partial charge in [-0.2, -0.15) is 0 Å². The first-order valence-corrected chi connectivity index (χ1v) is 10.5. The van der Waals surface area contributed by atoms with Gasteiger partial charge < -0.3 is 25.0 Å². The van der Waals surface area contributed by atoms with Crippen LogP contribution >= 0.6 is 0 Å². The van der Waals surface area contributed by atoms with Crippen LogP contribution in [0.15, 0.2) is 53.5 Å². The Kier molecular flexibility index (Phi) is 6.37. The van der Waals surface area contributed by atoms with Gasteiger partial charge in [0.15, 0.2) is 12.6 Å². The molecule has 4 rings (SSSR count). The summed E-state index contributed by atoms with van der Waals surface area (Å²) in [5.74, 6) is 2.46. The number of rotatable bonds is 6. The standard InChI is InChI=1S/C23H28N4O3/c1-2-24-23(26-18-12-15-29-20-10-5-3-8-17(18)20)25-13-7-14-27-19-9-4-6-11-21(19)30-16-22(27)28/h3-6,8-11,18H,2,7,12-16H2,1H3,(H2,24,25,26). The van der Waals surface area contributed by atoms with Crippen molar-refractivity contribution in [2.45, 2.75) is 25.8 Å². The number of nitrogens with zero attached hydrogens (tertiary/aromatic N) is 2. The van der Waals surface area contributed by atoms with Gasteiger partial charge >= 0.3 is 0 Å². The van der Waals surface area contributed by atoms with E-state index in [1.165, 1.54) is 0 Å². The fourth-order valence-corrected chi connectivity index (χ4v) is 3.80. The molecule has 0 bridgehead atoms. The number of hydrogen-bond acceptors (Lipinski definition) is 4. The highest BCUT2D eigenvalue weighted by Crippen LogP contribution is 2.32. The third kappa shape index (κ3) is 4.50. The van der Waals surface area contributed by atoms with Gasteiger partial charge in [-0.1, -0.05) is 30.3 Å². The maximum absolute atomic E-state index is 12.3. The Morgan fingerprint density at radius 2 is 1.93 bits per heavy atom. The number of carbonyl (C=O) groups is 1. The minimum atomic E-state index is -0.0125. The molecule has 7 heteroatoms. The van der Waals surface area contributed by atoms with Crippen LogP contribution in [0.2, 0.25) is 0 Å². The molecule has 2 aliphatic rings. The van der Waals surface area contributed by atoms with Crippen LogP contribution in [0.3, 0.4) is 0 Å². The van der Waals surface area contributed by atoms with Crippen molar-refractivity contribution >= 4 is 17.6 Å². The number of carbonyl (C=O) groups excluding carboxylic acids is 1. The van der Waals surface area contributed by atoms with Crippen molar-refractivity contribution in [3.8, 4) is 11.5 Å². The van der Waals surface area contributed by atoms with Gasteiger partial charge in [-0.3, -0.25) is 9.79 Å². The number of amides is 1. The Labute approximate surface area is 177 Å². The van der Waals surface area contributed by atoms with Crippen molar-refractivity contribution in [3.05, 3.63) is 54.1 Å². The molecule has 0 spiro atoms. The molecule has 2 heterocycles. The van der Waals surface area contributed by atoms with Gasteiger partial charge in [0.2, 0.25) is 0 Å². The molecule has 0 radical (unpaired) electrons. The Balaban J connectivity index is 1.37. The monoisotopic (exact) mass is 408 g/mol. The summed E-state index contributed by atoms with van der Waals surface area (Å²) in [6.07, 6.45) is 1.65. The van der Waals surface area contributed by atoms with Gasteiger partial charge in [0.25, 0.3) is 5.91 Å². The minimum Gasteiger partial charge on any atom is -0.493 e. The Morgan fingerprint density at radius 3 is 2.80 bits per heavy atom. The largest absolute Gasteiger partial charge is 0.493 e. The number of hydrogen-bond donors (Lipinski definition) is 2. The van der Waals surface area contributed by atoms with Crippen molar-refractivity contribution in [2.24, 2.45) is 4.99 Å². The predicted octanol–water partition coefficient (Wildman–Crippen LogP) is 2.88. The molecule has 30 heavy (non-hydrogen) atoms. The summed E-state index contributed by atoms with van der Waals surface area (Å²) in [6, 6.07) is 15.9. The van der Waals surface area contributed by atoms with Crippen LogP contribution < -0.4 is 25.0 Å². The van der Waals surface area contributed by atoms with Crippen LogP contribution in [0.25, 0.3) is 0 Å². The highest BCUT2D eigenvalue weighted by Gasteiger charge is 2.25. The zero-order chi connectivity index (χ0) is 20.8. The number of aliphatic imine (C=N–C) groups is 1. The van der Waals surface area contributed by atoms with Gasteiger partial charge in [-0.15, -0.1) is 0 Å². The molecule has 158 valence electrons. The normalized spacial score (nSPS) is 18.0. The van der Waals surface area contributed by atoms with E-state index in [0.29, 0.717) is 19.7 Å². The zero-order valence-corrected chi connectivity index (χ0v) is 17.3. The molecule has 0 fully saturated rings. The molecule has 0 saturated carbocycles. The van der Waals surface area contributed by atoms with E-state index in [1.54, 1.807) is 4.90 Å². The van der Waals surface area contributed by atoms with Crippen molar-refractivity contribution in [3.63, 3.8) is 0 Å². The number of anilines is 1. The van der Waals surface area contributed by atoms with E-state index in [9.17, 15) is 4.79 Å². The number of ether oxygens (including phenoxy) is 2. The number of para-hydroxylation sites is 3. The van der Waals surface area contributed by atoms with Crippen molar-refractivity contribution in [1.82, 2.24) is 10.6 Å². The second-order valence-corrected chi connectivity index (χ2v) is 7.29. The Bertz CT molecular complexity index is 915. The first-order chi connectivity index (χ1) is 14.8. The summed E-state index contributed by atoms with van der Waals surface area (Å²) in [7, 11) is 0. The van der Waals surface area contributed by atoms with Crippen LogP contribution in [-0.2, 0) is 4.79 Å². The summed E-state index contributed by atoms with van der Waals surface area (Å²) < 4.78 is 11.3. The van der Waals surface area contributed by atoms with Gasteiger partial charge in [0, 0.05) is 31.6 Å². The van der Waals surface area contributed by atoms with Crippen LogP contribution in [-0.4, -0.2) is 44.7 Å². The lowest BCUT2D eigenvalue weighted by molar-refractivity contribution is -0.121. The SMILES string of the molecule is CCNC(=NCCCN1C(=O)COc2ccccc21)NC1CCOc2ccccc21. The van der Waals surface area contributed by atoms with Crippen molar-refractivity contribution < 1.29 is 14.3 Å². The predicted molar refractivity (Wildman–Crippen MR) is 117 cm³/mol. The molecule has 1 atom stereocenters. The molecule has 2 aromatic rings. The summed E-state index contributed by atoms with van der Waals surface area (Å²) in [6.45, 7) is 4.85. The van der Waals surface area contributed by atoms with E-state index in [0.717, 1.165) is 48.1 Å². The maximum Gasteiger partial charge on any atom is 0.265 e. The third-order valence-electron chi connectivity index (χ3n) is 5.23. The van der Waals surface area contributed by atoms with E-state index < -0.39 is 0 Å². The second kappa shape index (κ2) is 9.52. The summed E-state index contributed by atoms with van der Waals surface area (Å²) in [4.78, 5) is 18.8. The summed E-state index contributed by atoms with van der Waals surface area (Å²) in [5, 5.41) is 6.86. The van der Waals surface area contributed by atoms with Crippen LogP contribution in [0, 0.1) is 0 Å². The second-order valence-electron chi connectivity index (χ2n) is 7.29. The molecule has 0 saturated heterocycles. The fourth-order valence-electron chi connectivity index (χ4n) is 3.80. The Morgan fingerprint density at radius 1 is 1.13 bits per heavy atom. The highest BCUT2D eigenvalue weighted by atomic mass is 16.5. The lowest BCUT2D eigenvalue weighted by Crippen LogP contribution is -2.41. The van der Waals surface area contributed by atoms with Gasteiger partial charge in [0.1, 0.15) is 11.5 Å². The average Bonchev–Trinajstić information content (AvgIpc) is 2.78. The first-order valence-electron chi connectivity index (χ1n) is 10.5. The topological polar surface area (TPSA) is 75.2 Å². The molecular weight excluding hydrogens is 380 g/mol. The number of guanidine groups is 1. The van der Waals surface area contributed by atoms with Crippen LogP contribution in [0.4, 0.5) is 5.69 Å². The molecule has 1 unspecified atom stereocenters. The van der Waals surface area contributed by atoms with Crippen molar-refractivity contribution in [2.75, 3.05) is 37.7 Å². The molecule has 0 aromatic heterocycles. The van der Waals surface area contributed by atoms with E-state index in [2.05, 4.69) is 23.6 Å². The van der Waals surface area contributed by atoms with Crippen LogP contribution in [0.1, 0.15) is 31.4 Å². The molecule has 0 aliphatic carbocycles. The molecule has 2 aliphatic heterocycles. The molecule has 1 amide bonds. The van der Waals surface area contributed by atoms with Gasteiger partial charge in [-0.25, -0.2) is 0 Å². The highest BCUT2D eigenvalue weighted by molar-refractivity contribution is 5.97. The minimum absolute atomic E-state index is 0.0125. The third-order valence-corrected chi connectivity index (χ3v) is 5.23. The number of fused-ring (bicyclic) bond motifs is 2. The smallest absolute Gasteiger partial charge is 0.265 e. The maximum atomic E-state index is 12.3. The first kappa shape index (κ1) is 20.1. The quantitative estimate of drug-likeness (QED) is 0.437. The van der Waals surface area contributed by atoms with E-state index in [4.69, 9.17) is 14.5 Å². The fraction of sp³-hybridized carbons (Fsp3) is 0.391. The lowest BCUT2D eigenvalue weighted by atomic mass is 10.0. The Hall–Kier alpha value is -3.22. The van der Waals surface area contributed by atoms with E-state index in [1.807, 2.05) is 42.5 Å². The van der Waals surface area contributed by atoms with Gasteiger partial charge in [0.05, 0.1) is 18.3 Å². The lowest BCUT2D eigenvalue weighted by Gasteiger charge is -2.29. The molecule has 2 aromatic carbocycles. The summed E-state index contributed by atoms with van der Waals surface area (Å²) in [5.41, 5.74) is 1.99. The van der Waals surface area contributed by atoms with E-state index >= 15 is 0 Å². The van der Waals surface area contributed by atoms with Gasteiger partial charge in [-0.05, 0) is 31.5 Å².